The molecule has 0 spiro atoms. The molecule has 6 nitrogen and oxygen atoms in total. The monoisotopic (exact) mass is 312 g/mol. The standard InChI is InChI=1S/C12H13ClN4O2S/c1-2-3-7-4-9(19)17-12(16-7)20-11-8(5-18)10(13)14-6-15-11/h4,6,18H,2-3,5H2,1H3,(H,16,17,19). The molecule has 0 aliphatic carbocycles. The third-order valence-corrected chi connectivity index (χ3v) is 3.74. The van der Waals surface area contributed by atoms with Crippen molar-refractivity contribution in [3.05, 3.63) is 39.2 Å². The quantitative estimate of drug-likeness (QED) is 0.646. The summed E-state index contributed by atoms with van der Waals surface area (Å²) in [6.45, 7) is 1.74. The van der Waals surface area contributed by atoms with Crippen molar-refractivity contribution in [1.29, 1.82) is 0 Å². The zero-order chi connectivity index (χ0) is 14.5. The largest absolute Gasteiger partial charge is 0.391 e. The zero-order valence-electron chi connectivity index (χ0n) is 10.8. The molecule has 0 saturated carbocycles. The SMILES string of the molecule is CCCc1cc(=O)[nH]c(Sc2ncnc(Cl)c2CO)n1. The number of aryl methyl sites for hydroxylation is 1. The molecule has 0 aliphatic rings. The van der Waals surface area contributed by atoms with Crippen LogP contribution in [0.1, 0.15) is 24.6 Å². The second-order valence-corrected chi connectivity index (χ2v) is 5.34. The van der Waals surface area contributed by atoms with E-state index in [9.17, 15) is 9.90 Å². The minimum absolute atomic E-state index is 0.192. The van der Waals surface area contributed by atoms with E-state index in [1.54, 1.807) is 0 Å². The first kappa shape index (κ1) is 15.0. The van der Waals surface area contributed by atoms with E-state index >= 15 is 0 Å². The molecule has 0 radical (unpaired) electrons. The van der Waals surface area contributed by atoms with Crippen molar-refractivity contribution in [2.45, 2.75) is 36.6 Å². The number of nitrogens with one attached hydrogen (secondary N) is 1. The molecule has 8 heteroatoms. The molecule has 0 saturated heterocycles. The van der Waals surface area contributed by atoms with Crippen LogP contribution in [0.4, 0.5) is 0 Å². The van der Waals surface area contributed by atoms with E-state index in [4.69, 9.17) is 11.6 Å². The van der Waals surface area contributed by atoms with Gasteiger partial charge in [-0.3, -0.25) is 4.79 Å². The fraction of sp³-hybridized carbons (Fsp3) is 0.333. The summed E-state index contributed by atoms with van der Waals surface area (Å²) in [5, 5.41) is 10.4. The van der Waals surface area contributed by atoms with Crippen LogP contribution in [-0.4, -0.2) is 25.0 Å². The van der Waals surface area contributed by atoms with Crippen LogP contribution in [0.2, 0.25) is 5.15 Å². The fourth-order valence-electron chi connectivity index (χ4n) is 1.60. The van der Waals surface area contributed by atoms with Crippen molar-refractivity contribution in [1.82, 2.24) is 19.9 Å². The Kier molecular flexibility index (Phi) is 5.11. The van der Waals surface area contributed by atoms with Gasteiger partial charge in [0, 0.05) is 17.3 Å². The summed E-state index contributed by atoms with van der Waals surface area (Å²) in [6.07, 6.45) is 2.94. The first-order chi connectivity index (χ1) is 9.63. The lowest BCUT2D eigenvalue weighted by atomic mass is 10.2. The zero-order valence-corrected chi connectivity index (χ0v) is 12.3. The molecule has 20 heavy (non-hydrogen) atoms. The highest BCUT2D eigenvalue weighted by molar-refractivity contribution is 7.99. The van der Waals surface area contributed by atoms with Crippen LogP contribution in [0.5, 0.6) is 0 Å². The third-order valence-electron chi connectivity index (χ3n) is 2.48. The van der Waals surface area contributed by atoms with Crippen molar-refractivity contribution in [3.8, 4) is 0 Å². The number of aromatic amines is 1. The average molecular weight is 313 g/mol. The van der Waals surface area contributed by atoms with E-state index in [1.165, 1.54) is 12.4 Å². The smallest absolute Gasteiger partial charge is 0.251 e. The maximum Gasteiger partial charge on any atom is 0.251 e. The highest BCUT2D eigenvalue weighted by Gasteiger charge is 2.12. The highest BCUT2D eigenvalue weighted by Crippen LogP contribution is 2.28. The summed E-state index contributed by atoms with van der Waals surface area (Å²) in [5.74, 6) is 0. The summed E-state index contributed by atoms with van der Waals surface area (Å²) in [5.41, 5.74) is 0.934. The van der Waals surface area contributed by atoms with Crippen molar-refractivity contribution in [2.24, 2.45) is 0 Å². The summed E-state index contributed by atoms with van der Waals surface area (Å²) < 4.78 is 0. The van der Waals surface area contributed by atoms with Crippen molar-refractivity contribution in [2.75, 3.05) is 0 Å². The topological polar surface area (TPSA) is 91.8 Å². The van der Waals surface area contributed by atoms with E-state index in [0.29, 0.717) is 15.7 Å². The van der Waals surface area contributed by atoms with Crippen LogP contribution in [0, 0.1) is 0 Å². The van der Waals surface area contributed by atoms with E-state index in [2.05, 4.69) is 19.9 Å². The molecular weight excluding hydrogens is 300 g/mol. The van der Waals surface area contributed by atoms with Gasteiger partial charge in [0.1, 0.15) is 16.5 Å². The minimum Gasteiger partial charge on any atom is -0.391 e. The van der Waals surface area contributed by atoms with Gasteiger partial charge >= 0.3 is 0 Å². The predicted octanol–water partition coefficient (Wildman–Crippen LogP) is 1.81. The molecule has 0 atom stereocenters. The Morgan fingerprint density at radius 2 is 2.25 bits per heavy atom. The molecule has 0 aliphatic heterocycles. The van der Waals surface area contributed by atoms with Crippen LogP contribution in [-0.2, 0) is 13.0 Å². The molecule has 0 bridgehead atoms. The molecule has 2 rings (SSSR count). The molecule has 0 amide bonds. The summed E-state index contributed by atoms with van der Waals surface area (Å²) in [7, 11) is 0. The lowest BCUT2D eigenvalue weighted by Gasteiger charge is -2.07. The van der Waals surface area contributed by atoms with E-state index in [-0.39, 0.29) is 17.3 Å². The van der Waals surface area contributed by atoms with Gasteiger partial charge in [0.25, 0.3) is 5.56 Å². The van der Waals surface area contributed by atoms with Gasteiger partial charge in [0.05, 0.1) is 6.61 Å². The molecule has 0 aromatic carbocycles. The molecule has 2 aromatic heterocycles. The number of hydrogen-bond donors (Lipinski definition) is 2. The average Bonchev–Trinajstić information content (AvgIpc) is 2.38. The van der Waals surface area contributed by atoms with Gasteiger partial charge in [0.2, 0.25) is 0 Å². The van der Waals surface area contributed by atoms with E-state index in [1.807, 2.05) is 6.92 Å². The van der Waals surface area contributed by atoms with Crippen LogP contribution in [0.3, 0.4) is 0 Å². The highest BCUT2D eigenvalue weighted by atomic mass is 35.5. The summed E-state index contributed by atoms with van der Waals surface area (Å²) in [6, 6.07) is 1.48. The minimum atomic E-state index is -0.277. The van der Waals surface area contributed by atoms with Crippen molar-refractivity contribution < 1.29 is 5.11 Å². The normalized spacial score (nSPS) is 10.8. The molecule has 106 valence electrons. The maximum absolute atomic E-state index is 11.6. The molecule has 0 unspecified atom stereocenters. The lowest BCUT2D eigenvalue weighted by molar-refractivity contribution is 0.277. The number of aliphatic hydroxyl groups excluding tert-OH is 1. The molecular formula is C12H13ClN4O2S. The fourth-order valence-corrected chi connectivity index (χ4v) is 2.74. The second-order valence-electron chi connectivity index (χ2n) is 4.00. The Labute approximate surface area is 124 Å². The molecule has 2 aromatic rings. The van der Waals surface area contributed by atoms with Gasteiger partial charge in [-0.2, -0.15) is 0 Å². The predicted molar refractivity (Wildman–Crippen MR) is 75.9 cm³/mol. The van der Waals surface area contributed by atoms with Crippen LogP contribution in [0.15, 0.2) is 27.4 Å². The van der Waals surface area contributed by atoms with Crippen LogP contribution < -0.4 is 5.56 Å². The molecule has 2 N–H and O–H groups in total. The molecule has 0 fully saturated rings. The number of H-pyrrole nitrogens is 1. The Morgan fingerprint density at radius 3 is 2.95 bits per heavy atom. The van der Waals surface area contributed by atoms with Gasteiger partial charge in [-0.05, 0) is 18.2 Å². The maximum atomic E-state index is 11.6. The number of nitrogens with zero attached hydrogens (tertiary/aromatic N) is 3. The summed E-state index contributed by atoms with van der Waals surface area (Å²) >= 11 is 7.04. The van der Waals surface area contributed by atoms with Crippen molar-refractivity contribution in [3.63, 3.8) is 0 Å². The first-order valence-corrected chi connectivity index (χ1v) is 7.21. The number of aliphatic hydroxyl groups is 1. The summed E-state index contributed by atoms with van der Waals surface area (Å²) in [4.78, 5) is 26.4. The van der Waals surface area contributed by atoms with Gasteiger partial charge in [-0.25, -0.2) is 15.0 Å². The van der Waals surface area contributed by atoms with Crippen LogP contribution in [0.25, 0.3) is 0 Å². The number of rotatable bonds is 5. The van der Waals surface area contributed by atoms with Gasteiger partial charge in [0.15, 0.2) is 5.16 Å². The van der Waals surface area contributed by atoms with Gasteiger partial charge in [-0.15, -0.1) is 0 Å². The Hall–Kier alpha value is -1.44. The Bertz CT molecular complexity index is 662. The van der Waals surface area contributed by atoms with Crippen LogP contribution >= 0.6 is 23.4 Å². The Balaban J connectivity index is 2.35. The second kappa shape index (κ2) is 6.83. The van der Waals surface area contributed by atoms with E-state index in [0.717, 1.165) is 30.3 Å². The molecule has 2 heterocycles. The number of aromatic nitrogens is 4. The first-order valence-electron chi connectivity index (χ1n) is 6.02. The van der Waals surface area contributed by atoms with Crippen molar-refractivity contribution >= 4 is 23.4 Å². The van der Waals surface area contributed by atoms with E-state index < -0.39 is 0 Å². The Morgan fingerprint density at radius 1 is 1.45 bits per heavy atom. The number of hydrogen-bond acceptors (Lipinski definition) is 6. The third kappa shape index (κ3) is 3.56. The van der Waals surface area contributed by atoms with Gasteiger partial charge in [-0.1, -0.05) is 24.9 Å². The number of halogens is 1. The van der Waals surface area contributed by atoms with Gasteiger partial charge < -0.3 is 10.1 Å². The lowest BCUT2D eigenvalue weighted by Crippen LogP contribution is -2.10.